The first-order valence-corrected chi connectivity index (χ1v) is 9.49. The summed E-state index contributed by atoms with van der Waals surface area (Å²) in [4.78, 5) is 2.09. The van der Waals surface area contributed by atoms with Crippen LogP contribution in [0, 0.1) is 0 Å². The van der Waals surface area contributed by atoms with Crippen LogP contribution in [0.4, 0.5) is 11.4 Å². The van der Waals surface area contributed by atoms with Crippen LogP contribution in [0.5, 0.6) is 0 Å². The van der Waals surface area contributed by atoms with Crippen molar-refractivity contribution in [1.29, 1.82) is 0 Å². The van der Waals surface area contributed by atoms with Crippen LogP contribution in [-0.2, 0) is 14.8 Å². The summed E-state index contributed by atoms with van der Waals surface area (Å²) in [7, 11) is -3.60. The van der Waals surface area contributed by atoms with Crippen molar-refractivity contribution in [1.82, 2.24) is 0 Å². The molecule has 1 aliphatic heterocycles. The molecule has 3 rings (SSSR count). The predicted octanol–water partition coefficient (Wildman–Crippen LogP) is 3.04. The van der Waals surface area contributed by atoms with Crippen LogP contribution in [0.2, 0.25) is 5.02 Å². The van der Waals surface area contributed by atoms with E-state index in [4.69, 9.17) is 16.3 Å². The van der Waals surface area contributed by atoms with E-state index in [9.17, 15) is 8.42 Å². The van der Waals surface area contributed by atoms with Gasteiger partial charge in [-0.05, 0) is 29.6 Å². The number of rotatable bonds is 4. The molecule has 1 saturated heterocycles. The highest BCUT2D eigenvalue weighted by atomic mass is 35.5. The van der Waals surface area contributed by atoms with Gasteiger partial charge in [-0.3, -0.25) is 4.72 Å². The lowest BCUT2D eigenvalue weighted by molar-refractivity contribution is 0.123. The van der Waals surface area contributed by atoms with E-state index < -0.39 is 10.0 Å². The topological polar surface area (TPSA) is 58.6 Å². The first-order chi connectivity index (χ1) is 10.6. The minimum atomic E-state index is -3.60. The lowest BCUT2D eigenvalue weighted by Crippen LogP contribution is -2.36. The number of anilines is 2. The van der Waals surface area contributed by atoms with Gasteiger partial charge in [0.05, 0.1) is 24.6 Å². The van der Waals surface area contributed by atoms with Crippen molar-refractivity contribution in [2.45, 2.75) is 4.21 Å². The Morgan fingerprint density at radius 1 is 1.23 bits per heavy atom. The van der Waals surface area contributed by atoms with E-state index in [0.717, 1.165) is 18.8 Å². The van der Waals surface area contributed by atoms with Gasteiger partial charge in [-0.15, -0.1) is 11.3 Å². The molecule has 2 aromatic rings. The van der Waals surface area contributed by atoms with E-state index in [1.807, 2.05) is 6.07 Å². The van der Waals surface area contributed by atoms with Crippen molar-refractivity contribution in [3.8, 4) is 0 Å². The minimum Gasteiger partial charge on any atom is -0.378 e. The van der Waals surface area contributed by atoms with E-state index >= 15 is 0 Å². The first-order valence-electron chi connectivity index (χ1n) is 6.75. The fourth-order valence-corrected chi connectivity index (χ4v) is 4.51. The average Bonchev–Trinajstić information content (AvgIpc) is 3.03. The quantitative estimate of drug-likeness (QED) is 0.912. The molecule has 1 aromatic carbocycles. The predicted molar refractivity (Wildman–Crippen MR) is 89.6 cm³/mol. The maximum Gasteiger partial charge on any atom is 0.271 e. The number of thiophene rings is 1. The second kappa shape index (κ2) is 6.45. The van der Waals surface area contributed by atoms with Crippen LogP contribution in [0.3, 0.4) is 0 Å². The average molecular weight is 359 g/mol. The smallest absolute Gasteiger partial charge is 0.271 e. The summed E-state index contributed by atoms with van der Waals surface area (Å²) in [5.74, 6) is 0. The van der Waals surface area contributed by atoms with E-state index in [2.05, 4.69) is 9.62 Å². The van der Waals surface area contributed by atoms with Gasteiger partial charge in [-0.25, -0.2) is 8.42 Å². The lowest BCUT2D eigenvalue weighted by atomic mass is 10.2. The monoisotopic (exact) mass is 358 g/mol. The maximum absolute atomic E-state index is 12.4. The molecule has 0 radical (unpaired) electrons. The summed E-state index contributed by atoms with van der Waals surface area (Å²) in [5, 5.41) is 2.22. The van der Waals surface area contributed by atoms with Gasteiger partial charge in [0.1, 0.15) is 4.21 Å². The minimum absolute atomic E-state index is 0.278. The Balaban J connectivity index is 1.94. The van der Waals surface area contributed by atoms with Crippen molar-refractivity contribution < 1.29 is 13.2 Å². The van der Waals surface area contributed by atoms with Crippen LogP contribution in [-0.4, -0.2) is 34.7 Å². The van der Waals surface area contributed by atoms with Crippen molar-refractivity contribution in [3.05, 3.63) is 40.7 Å². The molecule has 0 bridgehead atoms. The van der Waals surface area contributed by atoms with Gasteiger partial charge in [0, 0.05) is 18.1 Å². The van der Waals surface area contributed by atoms with E-state index in [1.54, 1.807) is 29.6 Å². The van der Waals surface area contributed by atoms with Crippen LogP contribution >= 0.6 is 22.9 Å². The summed E-state index contributed by atoms with van der Waals surface area (Å²) in [6, 6.07) is 8.51. The number of sulfonamides is 1. The van der Waals surface area contributed by atoms with Crippen molar-refractivity contribution >= 4 is 44.3 Å². The maximum atomic E-state index is 12.4. The van der Waals surface area contributed by atoms with Gasteiger partial charge in [0.15, 0.2) is 0 Å². The Hall–Kier alpha value is -1.28. The third-order valence-corrected chi connectivity index (χ3v) is 6.31. The molecule has 1 fully saturated rings. The number of morpholine rings is 1. The fourth-order valence-electron chi connectivity index (χ4n) is 2.28. The highest BCUT2D eigenvalue weighted by Crippen LogP contribution is 2.32. The summed E-state index contributed by atoms with van der Waals surface area (Å²) in [5.41, 5.74) is 1.30. The molecule has 0 aliphatic carbocycles. The van der Waals surface area contributed by atoms with Crippen molar-refractivity contribution in [2.24, 2.45) is 0 Å². The lowest BCUT2D eigenvalue weighted by Gasteiger charge is -2.30. The molecule has 1 aromatic heterocycles. The zero-order valence-corrected chi connectivity index (χ0v) is 14.0. The Kier molecular flexibility index (Phi) is 4.58. The van der Waals surface area contributed by atoms with Crippen molar-refractivity contribution in [2.75, 3.05) is 35.9 Å². The molecule has 8 heteroatoms. The number of ether oxygens (including phenoxy) is 1. The SMILES string of the molecule is O=S(=O)(Nc1cc(Cl)ccc1N1CCOCC1)c1cccs1. The Bertz CT molecular complexity index is 741. The molecule has 0 saturated carbocycles. The van der Waals surface area contributed by atoms with Gasteiger partial charge in [0.25, 0.3) is 10.0 Å². The summed E-state index contributed by atoms with van der Waals surface area (Å²) < 4.78 is 33.1. The molecule has 0 unspecified atom stereocenters. The van der Waals surface area contributed by atoms with Gasteiger partial charge < -0.3 is 9.64 Å². The number of benzene rings is 1. The summed E-state index contributed by atoms with van der Waals surface area (Å²) >= 11 is 7.21. The summed E-state index contributed by atoms with van der Waals surface area (Å²) in [6.45, 7) is 2.68. The molecule has 22 heavy (non-hydrogen) atoms. The molecule has 1 aliphatic rings. The van der Waals surface area contributed by atoms with E-state index in [0.29, 0.717) is 23.9 Å². The van der Waals surface area contributed by atoms with Crippen LogP contribution < -0.4 is 9.62 Å². The zero-order valence-electron chi connectivity index (χ0n) is 11.7. The molecule has 0 atom stereocenters. The number of hydrogen-bond donors (Lipinski definition) is 1. The number of nitrogens with zero attached hydrogens (tertiary/aromatic N) is 1. The molecule has 118 valence electrons. The first kappa shape index (κ1) is 15.6. The number of nitrogens with one attached hydrogen (secondary N) is 1. The summed E-state index contributed by atoms with van der Waals surface area (Å²) in [6.07, 6.45) is 0. The van der Waals surface area contributed by atoms with Crippen LogP contribution in [0.25, 0.3) is 0 Å². The highest BCUT2D eigenvalue weighted by Gasteiger charge is 2.20. The molecule has 0 spiro atoms. The molecule has 1 N–H and O–H groups in total. The molecular formula is C14H15ClN2O3S2. The molecule has 2 heterocycles. The third-order valence-electron chi connectivity index (χ3n) is 3.31. The van der Waals surface area contributed by atoms with Gasteiger partial charge >= 0.3 is 0 Å². The van der Waals surface area contributed by atoms with Gasteiger partial charge in [-0.2, -0.15) is 0 Å². The normalized spacial score (nSPS) is 15.8. The van der Waals surface area contributed by atoms with Gasteiger partial charge in [0.2, 0.25) is 0 Å². The van der Waals surface area contributed by atoms with Crippen LogP contribution in [0.1, 0.15) is 0 Å². The Morgan fingerprint density at radius 2 is 2.00 bits per heavy atom. The number of hydrogen-bond acceptors (Lipinski definition) is 5. The largest absolute Gasteiger partial charge is 0.378 e. The zero-order chi connectivity index (χ0) is 15.6. The highest BCUT2D eigenvalue weighted by molar-refractivity contribution is 7.94. The van der Waals surface area contributed by atoms with Crippen LogP contribution in [0.15, 0.2) is 39.9 Å². The Labute approximate surface area is 138 Å². The molecule has 5 nitrogen and oxygen atoms in total. The standard InChI is InChI=1S/C14H15ClN2O3S2/c15-11-3-4-13(17-5-7-20-8-6-17)12(10-11)16-22(18,19)14-2-1-9-21-14/h1-4,9-10,16H,5-8H2. The third kappa shape index (κ3) is 3.38. The van der Waals surface area contributed by atoms with Gasteiger partial charge in [-0.1, -0.05) is 17.7 Å². The van der Waals surface area contributed by atoms with E-state index in [1.165, 1.54) is 11.3 Å². The fraction of sp³-hybridized carbons (Fsp3) is 0.286. The molecule has 0 amide bonds. The second-order valence-electron chi connectivity index (χ2n) is 4.80. The van der Waals surface area contributed by atoms with Crippen molar-refractivity contribution in [3.63, 3.8) is 0 Å². The van der Waals surface area contributed by atoms with E-state index in [-0.39, 0.29) is 4.21 Å². The second-order valence-corrected chi connectivity index (χ2v) is 8.09. The molecular weight excluding hydrogens is 344 g/mol. The number of halogens is 1. The Morgan fingerprint density at radius 3 is 2.68 bits per heavy atom.